The first-order valence-electron chi connectivity index (χ1n) is 9.94. The fraction of sp³-hybridized carbons (Fsp3) is 0.273. The second kappa shape index (κ2) is 8.18. The van der Waals surface area contributed by atoms with Crippen LogP contribution in [-0.2, 0) is 19.8 Å². The molecule has 0 aliphatic heterocycles. The smallest absolute Gasteiger partial charge is 0.336 e. The molecule has 0 fully saturated rings. The van der Waals surface area contributed by atoms with E-state index in [1.165, 1.54) is 11.0 Å². The molecule has 0 aliphatic rings. The number of benzene rings is 1. The quantitative estimate of drug-likeness (QED) is 0.428. The number of nitrogens with zero attached hydrogens (tertiary/aromatic N) is 6. The van der Waals surface area contributed by atoms with Gasteiger partial charge in [0, 0.05) is 48.5 Å². The number of halogens is 4. The molecular weight excluding hydrogens is 457 g/mol. The molecule has 0 aliphatic carbocycles. The maximum atomic E-state index is 13.8. The summed E-state index contributed by atoms with van der Waals surface area (Å²) in [6, 6.07) is 8.46. The van der Waals surface area contributed by atoms with Gasteiger partial charge >= 0.3 is 6.18 Å². The van der Waals surface area contributed by atoms with E-state index in [-0.39, 0.29) is 23.6 Å². The summed E-state index contributed by atoms with van der Waals surface area (Å²) in [7, 11) is 3.37. The van der Waals surface area contributed by atoms with Gasteiger partial charge in [0.05, 0.1) is 11.4 Å². The summed E-state index contributed by atoms with van der Waals surface area (Å²) in [5.74, 6) is -0.524. The average Bonchev–Trinajstić information content (AvgIpc) is 3.28. The Morgan fingerprint density at radius 1 is 1.12 bits per heavy atom. The van der Waals surface area contributed by atoms with Gasteiger partial charge in [-0.2, -0.15) is 23.4 Å². The van der Waals surface area contributed by atoms with Crippen LogP contribution in [0, 0.1) is 13.8 Å². The summed E-state index contributed by atoms with van der Waals surface area (Å²) in [6.45, 7) is 3.97. The van der Waals surface area contributed by atoms with Crippen molar-refractivity contribution in [1.82, 2.24) is 29.3 Å². The number of hydrogen-bond acceptors (Lipinski definition) is 4. The average molecular weight is 477 g/mol. The molecule has 0 radical (unpaired) electrons. The van der Waals surface area contributed by atoms with Gasteiger partial charge in [-0.1, -0.05) is 23.7 Å². The van der Waals surface area contributed by atoms with Crippen molar-refractivity contribution in [1.29, 1.82) is 0 Å². The highest BCUT2D eigenvalue weighted by Gasteiger charge is 2.36. The third-order valence-corrected chi connectivity index (χ3v) is 5.73. The topological polar surface area (TPSA) is 68.3 Å². The molecule has 1 aromatic carbocycles. The number of alkyl halides is 3. The molecule has 3 heterocycles. The lowest BCUT2D eigenvalue weighted by atomic mass is 10.1. The predicted molar refractivity (Wildman–Crippen MR) is 117 cm³/mol. The van der Waals surface area contributed by atoms with E-state index in [2.05, 4.69) is 15.2 Å². The van der Waals surface area contributed by atoms with Crippen molar-refractivity contribution >= 4 is 23.2 Å². The minimum absolute atomic E-state index is 0.0831. The van der Waals surface area contributed by atoms with Gasteiger partial charge < -0.3 is 4.90 Å². The van der Waals surface area contributed by atoms with E-state index in [4.69, 9.17) is 11.6 Å². The van der Waals surface area contributed by atoms with E-state index in [9.17, 15) is 18.0 Å². The molecule has 0 saturated heterocycles. The standard InChI is InChI=1S/C22H20ClF3N6O/c1-12-16(13(2)31(4)28-12)11-30(3)21(33)18-10-20-27-17(14-5-7-15(23)8-6-14)9-19(22(24,25)26)32(20)29-18/h5-10H,11H2,1-4H3. The van der Waals surface area contributed by atoms with E-state index in [1.54, 1.807) is 43.0 Å². The Morgan fingerprint density at radius 3 is 2.36 bits per heavy atom. The van der Waals surface area contributed by atoms with Gasteiger partial charge in [-0.15, -0.1) is 0 Å². The molecular formula is C22H20ClF3N6O. The first-order chi connectivity index (χ1) is 15.5. The van der Waals surface area contributed by atoms with Gasteiger partial charge in [0.1, 0.15) is 0 Å². The zero-order chi connectivity index (χ0) is 24.1. The molecule has 33 heavy (non-hydrogen) atoms. The molecule has 0 spiro atoms. The van der Waals surface area contributed by atoms with Crippen LogP contribution < -0.4 is 0 Å². The number of aromatic nitrogens is 5. The van der Waals surface area contributed by atoms with E-state index >= 15 is 0 Å². The largest absolute Gasteiger partial charge is 0.433 e. The summed E-state index contributed by atoms with van der Waals surface area (Å²) >= 11 is 5.88. The molecule has 3 aromatic heterocycles. The van der Waals surface area contributed by atoms with Crippen LogP contribution in [-0.4, -0.2) is 42.2 Å². The van der Waals surface area contributed by atoms with Crippen molar-refractivity contribution in [3.63, 3.8) is 0 Å². The first-order valence-corrected chi connectivity index (χ1v) is 10.3. The number of carbonyl (C=O) groups is 1. The van der Waals surface area contributed by atoms with Gasteiger partial charge in [0.25, 0.3) is 5.91 Å². The van der Waals surface area contributed by atoms with Crippen molar-refractivity contribution in [3.8, 4) is 11.3 Å². The van der Waals surface area contributed by atoms with Crippen LogP contribution in [0.4, 0.5) is 13.2 Å². The number of aryl methyl sites for hydroxylation is 2. The number of fused-ring (bicyclic) bond motifs is 1. The highest BCUT2D eigenvalue weighted by Crippen LogP contribution is 2.32. The number of amides is 1. The second-order valence-corrected chi connectivity index (χ2v) is 8.20. The number of carbonyl (C=O) groups excluding carboxylic acids is 1. The third kappa shape index (κ3) is 4.30. The molecule has 11 heteroatoms. The van der Waals surface area contributed by atoms with Crippen molar-refractivity contribution < 1.29 is 18.0 Å². The Kier molecular flexibility index (Phi) is 5.65. The Bertz CT molecular complexity index is 1360. The molecule has 1 amide bonds. The second-order valence-electron chi connectivity index (χ2n) is 7.77. The zero-order valence-corrected chi connectivity index (χ0v) is 19.0. The summed E-state index contributed by atoms with van der Waals surface area (Å²) in [6.07, 6.45) is -4.70. The molecule has 0 bridgehead atoms. The van der Waals surface area contributed by atoms with Gasteiger partial charge in [0.2, 0.25) is 0 Å². The van der Waals surface area contributed by atoms with E-state index < -0.39 is 17.8 Å². The van der Waals surface area contributed by atoms with E-state index in [0.717, 1.165) is 23.0 Å². The molecule has 172 valence electrons. The van der Waals surface area contributed by atoms with Crippen LogP contribution >= 0.6 is 11.6 Å². The van der Waals surface area contributed by atoms with Crippen molar-refractivity contribution in [3.05, 3.63) is 69.8 Å². The van der Waals surface area contributed by atoms with Gasteiger partial charge in [0.15, 0.2) is 17.0 Å². The van der Waals surface area contributed by atoms with Gasteiger partial charge in [-0.05, 0) is 32.0 Å². The lowest BCUT2D eigenvalue weighted by Gasteiger charge is -2.16. The minimum atomic E-state index is -4.70. The number of rotatable bonds is 4. The SMILES string of the molecule is Cc1nn(C)c(C)c1CN(C)C(=O)c1cc2nc(-c3ccc(Cl)cc3)cc(C(F)(F)F)n2n1. The minimum Gasteiger partial charge on any atom is -0.336 e. The highest BCUT2D eigenvalue weighted by molar-refractivity contribution is 6.30. The molecule has 7 nitrogen and oxygen atoms in total. The molecule has 0 saturated carbocycles. The normalized spacial score (nSPS) is 11.9. The van der Waals surface area contributed by atoms with Crippen LogP contribution in [0.15, 0.2) is 36.4 Å². The fourth-order valence-corrected chi connectivity index (χ4v) is 3.73. The summed E-state index contributed by atoms with van der Waals surface area (Å²) in [5, 5.41) is 8.72. The lowest BCUT2D eigenvalue weighted by Crippen LogP contribution is -2.27. The lowest BCUT2D eigenvalue weighted by molar-refractivity contribution is -0.142. The maximum absolute atomic E-state index is 13.8. The highest BCUT2D eigenvalue weighted by atomic mass is 35.5. The Morgan fingerprint density at radius 2 is 1.79 bits per heavy atom. The molecule has 4 rings (SSSR count). The number of hydrogen-bond donors (Lipinski definition) is 0. The maximum Gasteiger partial charge on any atom is 0.433 e. The van der Waals surface area contributed by atoms with Crippen LogP contribution in [0.1, 0.15) is 33.1 Å². The van der Waals surface area contributed by atoms with Crippen molar-refractivity contribution in [2.24, 2.45) is 7.05 Å². The molecule has 0 atom stereocenters. The van der Waals surface area contributed by atoms with E-state index in [0.29, 0.717) is 15.1 Å². The summed E-state index contributed by atoms with van der Waals surface area (Å²) in [4.78, 5) is 18.7. The van der Waals surface area contributed by atoms with Crippen LogP contribution in [0.2, 0.25) is 5.02 Å². The fourth-order valence-electron chi connectivity index (χ4n) is 3.60. The van der Waals surface area contributed by atoms with Gasteiger partial charge in [-0.25, -0.2) is 9.50 Å². The molecule has 0 unspecified atom stereocenters. The molecule has 0 N–H and O–H groups in total. The van der Waals surface area contributed by atoms with Gasteiger partial charge in [-0.3, -0.25) is 9.48 Å². The van der Waals surface area contributed by atoms with Crippen molar-refractivity contribution in [2.75, 3.05) is 7.05 Å². The monoisotopic (exact) mass is 476 g/mol. The Hall–Kier alpha value is -3.40. The summed E-state index contributed by atoms with van der Waals surface area (Å²) < 4.78 is 43.8. The predicted octanol–water partition coefficient (Wildman–Crippen LogP) is 4.69. The third-order valence-electron chi connectivity index (χ3n) is 5.48. The first kappa shape index (κ1) is 22.8. The summed E-state index contributed by atoms with van der Waals surface area (Å²) in [5.41, 5.74) is 1.85. The van der Waals surface area contributed by atoms with Crippen LogP contribution in [0.25, 0.3) is 16.9 Å². The van der Waals surface area contributed by atoms with E-state index in [1.807, 2.05) is 13.8 Å². The van der Waals surface area contributed by atoms with Crippen LogP contribution in [0.3, 0.4) is 0 Å². The van der Waals surface area contributed by atoms with Crippen LogP contribution in [0.5, 0.6) is 0 Å². The molecule has 4 aromatic rings. The zero-order valence-electron chi connectivity index (χ0n) is 18.3. The Labute approximate surface area is 192 Å². The van der Waals surface area contributed by atoms with Crippen molar-refractivity contribution in [2.45, 2.75) is 26.6 Å². The Balaban J connectivity index is 1.74.